The number of nitrogens with one attached hydrogen (secondary N) is 1. The third kappa shape index (κ3) is 4.09. The number of thiophene rings is 1. The molecule has 0 unspecified atom stereocenters. The molecular weight excluding hydrogens is 386 g/mol. The van der Waals surface area contributed by atoms with Crippen molar-refractivity contribution in [3.8, 4) is 10.8 Å². The van der Waals surface area contributed by atoms with Crippen LogP contribution >= 0.6 is 11.3 Å². The summed E-state index contributed by atoms with van der Waals surface area (Å²) < 4.78 is 29.9. The van der Waals surface area contributed by atoms with Gasteiger partial charge < -0.3 is 9.84 Å². The molecule has 27 heavy (non-hydrogen) atoms. The van der Waals surface area contributed by atoms with E-state index in [9.17, 15) is 13.2 Å². The maximum Gasteiger partial charge on any atom is 0.270 e. The number of hydrogen-bond donors (Lipinski definition) is 1. The quantitative estimate of drug-likeness (QED) is 0.648. The zero-order chi connectivity index (χ0) is 18.9. The molecule has 0 bridgehead atoms. The van der Waals surface area contributed by atoms with Crippen molar-refractivity contribution in [1.82, 2.24) is 10.1 Å². The van der Waals surface area contributed by atoms with Crippen molar-refractivity contribution in [3.63, 3.8) is 0 Å². The molecule has 0 aliphatic heterocycles. The average molecular weight is 403 g/mol. The first-order chi connectivity index (χ1) is 13.0. The molecule has 1 saturated carbocycles. The first-order valence-corrected chi connectivity index (χ1v) is 11.1. The maximum atomic E-state index is 12.3. The minimum atomic E-state index is -3.49. The normalized spacial score (nSPS) is 14.2. The molecule has 1 aliphatic rings. The smallest absolute Gasteiger partial charge is 0.270 e. The highest BCUT2D eigenvalue weighted by Gasteiger charge is 2.29. The molecule has 1 amide bonds. The Morgan fingerprint density at radius 2 is 2.00 bits per heavy atom. The largest absolute Gasteiger partial charge is 0.333 e. The highest BCUT2D eigenvalue weighted by atomic mass is 32.2. The van der Waals surface area contributed by atoms with Gasteiger partial charge in [0.2, 0.25) is 5.91 Å². The first kappa shape index (κ1) is 17.9. The van der Waals surface area contributed by atoms with Crippen LogP contribution in [0.2, 0.25) is 0 Å². The second-order valence-electron chi connectivity index (χ2n) is 6.33. The molecule has 0 spiro atoms. The summed E-state index contributed by atoms with van der Waals surface area (Å²) in [7, 11) is -3.49. The van der Waals surface area contributed by atoms with E-state index in [1.165, 1.54) is 23.5 Å². The zero-order valence-corrected chi connectivity index (χ0v) is 15.9. The molecule has 1 fully saturated rings. The summed E-state index contributed by atoms with van der Waals surface area (Å²) in [5.74, 6) is 0.817. The van der Waals surface area contributed by atoms with Crippen LogP contribution in [-0.4, -0.2) is 30.2 Å². The van der Waals surface area contributed by atoms with Gasteiger partial charge in [-0.15, -0.1) is 11.3 Å². The standard InChI is InChI=1S/C18H17N3O4S2/c22-15(9-11-27(23,24)13-4-2-1-3-5-13)19-14-8-10-26-16(14)18-20-17(21-25-18)12-6-7-12/h1-5,8,10,12H,6-7,9,11H2,(H,19,22). The summed E-state index contributed by atoms with van der Waals surface area (Å²) >= 11 is 1.38. The van der Waals surface area contributed by atoms with Gasteiger partial charge in [-0.3, -0.25) is 4.79 Å². The fourth-order valence-electron chi connectivity index (χ4n) is 2.59. The molecule has 2 aromatic heterocycles. The molecular formula is C18H17N3O4S2. The van der Waals surface area contributed by atoms with Crippen molar-refractivity contribution in [2.75, 3.05) is 11.1 Å². The monoisotopic (exact) mass is 403 g/mol. The number of rotatable bonds is 7. The van der Waals surface area contributed by atoms with Gasteiger partial charge in [-0.2, -0.15) is 4.98 Å². The molecule has 140 valence electrons. The Hall–Kier alpha value is -2.52. The topological polar surface area (TPSA) is 102 Å². The summed E-state index contributed by atoms with van der Waals surface area (Å²) in [5.41, 5.74) is 0.549. The van der Waals surface area contributed by atoms with Gasteiger partial charge in [0, 0.05) is 12.3 Å². The van der Waals surface area contributed by atoms with Gasteiger partial charge >= 0.3 is 0 Å². The lowest BCUT2D eigenvalue weighted by Crippen LogP contribution is -2.17. The Morgan fingerprint density at radius 1 is 1.22 bits per heavy atom. The van der Waals surface area contributed by atoms with Crippen molar-refractivity contribution >= 4 is 32.8 Å². The van der Waals surface area contributed by atoms with Gasteiger partial charge in [0.15, 0.2) is 15.7 Å². The zero-order valence-electron chi connectivity index (χ0n) is 14.3. The Kier molecular flexibility index (Phi) is 4.79. The van der Waals surface area contributed by atoms with Gasteiger partial charge in [0.1, 0.15) is 4.88 Å². The molecule has 1 N–H and O–H groups in total. The van der Waals surface area contributed by atoms with Crippen LogP contribution in [0.15, 0.2) is 51.2 Å². The van der Waals surface area contributed by atoms with Gasteiger partial charge in [-0.1, -0.05) is 23.4 Å². The van der Waals surface area contributed by atoms with E-state index in [4.69, 9.17) is 4.52 Å². The maximum absolute atomic E-state index is 12.3. The summed E-state index contributed by atoms with van der Waals surface area (Å²) in [6.07, 6.45) is 2.01. The summed E-state index contributed by atoms with van der Waals surface area (Å²) in [5, 5.41) is 8.54. The van der Waals surface area contributed by atoms with E-state index in [2.05, 4.69) is 15.5 Å². The minimum Gasteiger partial charge on any atom is -0.333 e. The third-order valence-electron chi connectivity index (χ3n) is 4.22. The average Bonchev–Trinajstić information content (AvgIpc) is 3.22. The van der Waals surface area contributed by atoms with Crippen molar-refractivity contribution in [3.05, 3.63) is 47.6 Å². The number of hydrogen-bond acceptors (Lipinski definition) is 7. The Labute approximate surface area is 160 Å². The molecule has 2 heterocycles. The lowest BCUT2D eigenvalue weighted by Gasteiger charge is -2.06. The van der Waals surface area contributed by atoms with Crippen LogP contribution in [-0.2, 0) is 14.6 Å². The first-order valence-electron chi connectivity index (χ1n) is 8.52. The van der Waals surface area contributed by atoms with E-state index in [0.717, 1.165) is 12.8 Å². The van der Waals surface area contributed by atoms with Gasteiger partial charge in [0.05, 0.1) is 16.3 Å². The van der Waals surface area contributed by atoms with E-state index in [-0.39, 0.29) is 23.0 Å². The lowest BCUT2D eigenvalue weighted by atomic mass is 10.3. The molecule has 0 saturated heterocycles. The number of nitrogens with zero attached hydrogens (tertiary/aromatic N) is 2. The fourth-order valence-corrected chi connectivity index (χ4v) is 4.62. The second kappa shape index (κ2) is 7.24. The van der Waals surface area contributed by atoms with Crippen LogP contribution in [0.3, 0.4) is 0 Å². The van der Waals surface area contributed by atoms with E-state index in [1.807, 2.05) is 5.38 Å². The second-order valence-corrected chi connectivity index (χ2v) is 9.35. The molecule has 1 aromatic carbocycles. The molecule has 0 radical (unpaired) electrons. The van der Waals surface area contributed by atoms with E-state index in [0.29, 0.717) is 28.2 Å². The van der Waals surface area contributed by atoms with Crippen LogP contribution in [0.4, 0.5) is 5.69 Å². The molecule has 9 heteroatoms. The van der Waals surface area contributed by atoms with Crippen LogP contribution in [0.25, 0.3) is 10.8 Å². The highest BCUT2D eigenvalue weighted by molar-refractivity contribution is 7.91. The van der Waals surface area contributed by atoms with E-state index >= 15 is 0 Å². The Bertz CT molecular complexity index is 1050. The summed E-state index contributed by atoms with van der Waals surface area (Å²) in [6, 6.07) is 9.85. The number of carbonyl (C=O) groups is 1. The van der Waals surface area contributed by atoms with Crippen LogP contribution in [0.5, 0.6) is 0 Å². The van der Waals surface area contributed by atoms with Crippen LogP contribution in [0, 0.1) is 0 Å². The molecule has 7 nitrogen and oxygen atoms in total. The molecule has 1 aliphatic carbocycles. The summed E-state index contributed by atoms with van der Waals surface area (Å²) in [4.78, 5) is 17.5. The number of sulfone groups is 1. The SMILES string of the molecule is O=C(CCS(=O)(=O)c1ccccc1)Nc1ccsc1-c1nc(C2CC2)no1. The molecule has 0 atom stereocenters. The number of aromatic nitrogens is 2. The van der Waals surface area contributed by atoms with Gasteiger partial charge in [-0.05, 0) is 36.4 Å². The molecule has 4 rings (SSSR count). The number of amides is 1. The van der Waals surface area contributed by atoms with Crippen LogP contribution < -0.4 is 5.32 Å². The summed E-state index contributed by atoms with van der Waals surface area (Å²) in [6.45, 7) is 0. The predicted molar refractivity (Wildman–Crippen MR) is 101 cm³/mol. The Balaban J connectivity index is 1.41. The highest BCUT2D eigenvalue weighted by Crippen LogP contribution is 2.40. The lowest BCUT2D eigenvalue weighted by molar-refractivity contribution is -0.115. The Morgan fingerprint density at radius 3 is 2.74 bits per heavy atom. The molecule has 3 aromatic rings. The number of carbonyl (C=O) groups excluding carboxylic acids is 1. The predicted octanol–water partition coefficient (Wildman–Crippen LogP) is 3.48. The van der Waals surface area contributed by atoms with Crippen molar-refractivity contribution in [2.24, 2.45) is 0 Å². The van der Waals surface area contributed by atoms with Crippen molar-refractivity contribution in [2.45, 2.75) is 30.1 Å². The van der Waals surface area contributed by atoms with E-state index < -0.39 is 9.84 Å². The third-order valence-corrected chi connectivity index (χ3v) is 6.85. The van der Waals surface area contributed by atoms with Gasteiger partial charge in [-0.25, -0.2) is 8.42 Å². The fraction of sp³-hybridized carbons (Fsp3) is 0.278. The minimum absolute atomic E-state index is 0.135. The number of anilines is 1. The number of benzene rings is 1. The van der Waals surface area contributed by atoms with E-state index in [1.54, 1.807) is 24.3 Å². The van der Waals surface area contributed by atoms with Gasteiger partial charge in [0.25, 0.3) is 5.89 Å². The van der Waals surface area contributed by atoms with Crippen molar-refractivity contribution in [1.29, 1.82) is 0 Å². The van der Waals surface area contributed by atoms with Crippen LogP contribution in [0.1, 0.15) is 31.0 Å². The van der Waals surface area contributed by atoms with Crippen molar-refractivity contribution < 1.29 is 17.7 Å².